The van der Waals surface area contributed by atoms with Crippen LogP contribution in [0.15, 0.2) is 24.3 Å². The van der Waals surface area contributed by atoms with E-state index in [2.05, 4.69) is 5.32 Å². The minimum absolute atomic E-state index is 0.101. The van der Waals surface area contributed by atoms with Crippen LogP contribution in [0.3, 0.4) is 0 Å². The molecule has 132 valence electrons. The Labute approximate surface area is 140 Å². The largest absolute Gasteiger partial charge is 0.485 e. The molecule has 2 rings (SSSR count). The maximum Gasteiger partial charge on any atom is 0.328 e. The number of halogens is 1. The summed E-state index contributed by atoms with van der Waals surface area (Å²) in [4.78, 5) is 25.8. The molecule has 7 heteroatoms. The van der Waals surface area contributed by atoms with Crippen molar-refractivity contribution in [3.05, 3.63) is 30.1 Å². The molecule has 0 radical (unpaired) electrons. The van der Waals surface area contributed by atoms with Crippen molar-refractivity contribution in [3.63, 3.8) is 0 Å². The van der Waals surface area contributed by atoms with Crippen molar-refractivity contribution in [3.8, 4) is 5.75 Å². The molecule has 1 aromatic rings. The smallest absolute Gasteiger partial charge is 0.328 e. The van der Waals surface area contributed by atoms with Crippen molar-refractivity contribution >= 4 is 12.0 Å². The quantitative estimate of drug-likeness (QED) is 0.859. The number of methoxy groups -OCH3 is 1. The van der Waals surface area contributed by atoms with E-state index in [4.69, 9.17) is 9.47 Å². The minimum Gasteiger partial charge on any atom is -0.485 e. The molecule has 1 heterocycles. The van der Waals surface area contributed by atoms with Gasteiger partial charge < -0.3 is 19.7 Å². The number of nitrogens with zero attached hydrogens (tertiary/aromatic N) is 1. The first kappa shape index (κ1) is 18.0. The van der Waals surface area contributed by atoms with E-state index >= 15 is 0 Å². The number of likely N-dealkylation sites (tertiary alicyclic amines) is 1. The van der Waals surface area contributed by atoms with Gasteiger partial charge >= 0.3 is 12.0 Å². The average Bonchev–Trinajstić information content (AvgIpc) is 2.91. The summed E-state index contributed by atoms with van der Waals surface area (Å²) in [5, 5.41) is 2.82. The summed E-state index contributed by atoms with van der Waals surface area (Å²) in [6.07, 6.45) is -0.241. The topological polar surface area (TPSA) is 67.9 Å². The SMILES string of the molecule is COC(=O)[C@@H]1C[C@@H](Oc2ccccc2F)CN1C(=O)NC(C)(C)C. The number of ether oxygens (including phenoxy) is 2. The molecule has 0 aliphatic carbocycles. The van der Waals surface area contributed by atoms with Gasteiger partial charge in [-0.05, 0) is 32.9 Å². The lowest BCUT2D eigenvalue weighted by Gasteiger charge is -2.28. The highest BCUT2D eigenvalue weighted by Gasteiger charge is 2.42. The molecule has 0 saturated carbocycles. The van der Waals surface area contributed by atoms with E-state index in [1.165, 1.54) is 24.1 Å². The third-order valence-corrected chi connectivity index (χ3v) is 3.61. The second-order valence-electron chi connectivity index (χ2n) is 6.78. The van der Waals surface area contributed by atoms with Crippen molar-refractivity contribution in [1.82, 2.24) is 10.2 Å². The summed E-state index contributed by atoms with van der Waals surface area (Å²) < 4.78 is 24.1. The average molecular weight is 338 g/mol. The van der Waals surface area contributed by atoms with Crippen molar-refractivity contribution in [2.24, 2.45) is 0 Å². The molecule has 6 nitrogen and oxygen atoms in total. The molecule has 1 aliphatic heterocycles. The van der Waals surface area contributed by atoms with Gasteiger partial charge in [0.05, 0.1) is 13.7 Å². The monoisotopic (exact) mass is 338 g/mol. The molecule has 1 aromatic carbocycles. The Kier molecular flexibility index (Phi) is 5.31. The number of carbonyl (C=O) groups is 2. The van der Waals surface area contributed by atoms with Crippen LogP contribution in [0.1, 0.15) is 27.2 Å². The van der Waals surface area contributed by atoms with Gasteiger partial charge in [-0.2, -0.15) is 0 Å². The van der Waals surface area contributed by atoms with Crippen molar-refractivity contribution in [1.29, 1.82) is 0 Å². The van der Waals surface area contributed by atoms with Crippen LogP contribution < -0.4 is 10.1 Å². The van der Waals surface area contributed by atoms with Gasteiger partial charge in [-0.1, -0.05) is 12.1 Å². The molecule has 1 fully saturated rings. The third kappa shape index (κ3) is 4.37. The van der Waals surface area contributed by atoms with E-state index in [0.29, 0.717) is 0 Å². The summed E-state index contributed by atoms with van der Waals surface area (Å²) in [5.74, 6) is -0.896. The van der Waals surface area contributed by atoms with E-state index in [1.807, 2.05) is 20.8 Å². The van der Waals surface area contributed by atoms with Gasteiger partial charge in [0.2, 0.25) is 0 Å². The summed E-state index contributed by atoms with van der Waals surface area (Å²) >= 11 is 0. The van der Waals surface area contributed by atoms with Crippen molar-refractivity contribution in [2.45, 2.75) is 44.9 Å². The number of benzene rings is 1. The Morgan fingerprint density at radius 2 is 1.96 bits per heavy atom. The minimum atomic E-state index is -0.755. The van der Waals surface area contributed by atoms with Crippen LogP contribution in [-0.2, 0) is 9.53 Å². The third-order valence-electron chi connectivity index (χ3n) is 3.61. The first-order valence-corrected chi connectivity index (χ1v) is 7.79. The zero-order chi connectivity index (χ0) is 17.9. The lowest BCUT2D eigenvalue weighted by atomic mass is 10.1. The zero-order valence-corrected chi connectivity index (χ0v) is 14.3. The highest BCUT2D eigenvalue weighted by molar-refractivity contribution is 5.84. The van der Waals surface area contributed by atoms with E-state index in [9.17, 15) is 14.0 Å². The predicted molar refractivity (Wildman–Crippen MR) is 86.2 cm³/mol. The molecule has 1 saturated heterocycles. The summed E-state index contributed by atoms with van der Waals surface area (Å²) in [5.41, 5.74) is -0.442. The Bertz CT molecular complexity index is 615. The molecule has 24 heavy (non-hydrogen) atoms. The molecule has 0 bridgehead atoms. The Morgan fingerprint density at radius 3 is 2.54 bits per heavy atom. The highest BCUT2D eigenvalue weighted by Crippen LogP contribution is 2.26. The summed E-state index contributed by atoms with van der Waals surface area (Å²) in [6, 6.07) is 4.91. The number of hydrogen-bond acceptors (Lipinski definition) is 4. The normalized spacial score (nSPS) is 20.6. The van der Waals surface area contributed by atoms with Crippen LogP contribution in [0.25, 0.3) is 0 Å². The molecule has 0 spiro atoms. The van der Waals surface area contributed by atoms with Crippen LogP contribution in [0.5, 0.6) is 5.75 Å². The Morgan fingerprint density at radius 1 is 1.29 bits per heavy atom. The first-order chi connectivity index (χ1) is 11.2. The number of esters is 1. The predicted octanol–water partition coefficient (Wildman–Crippen LogP) is 2.33. The van der Waals surface area contributed by atoms with Gasteiger partial charge in [0.25, 0.3) is 0 Å². The number of carbonyl (C=O) groups excluding carboxylic acids is 2. The number of nitrogens with one attached hydrogen (secondary N) is 1. The second kappa shape index (κ2) is 7.07. The number of amides is 2. The maximum atomic E-state index is 13.7. The fourth-order valence-corrected chi connectivity index (χ4v) is 2.58. The molecular formula is C17H23FN2O4. The van der Waals surface area contributed by atoms with Crippen LogP contribution in [0.4, 0.5) is 9.18 Å². The Balaban J connectivity index is 2.13. The van der Waals surface area contributed by atoms with Crippen LogP contribution in [0, 0.1) is 5.82 Å². The lowest BCUT2D eigenvalue weighted by Crippen LogP contribution is -2.52. The van der Waals surface area contributed by atoms with Gasteiger partial charge in [-0.25, -0.2) is 14.0 Å². The fraction of sp³-hybridized carbons (Fsp3) is 0.529. The summed E-state index contributed by atoms with van der Waals surface area (Å²) in [7, 11) is 1.27. The number of urea groups is 1. The molecule has 2 atom stereocenters. The number of para-hydroxylation sites is 1. The van der Waals surface area contributed by atoms with E-state index in [0.717, 1.165) is 0 Å². The molecule has 0 unspecified atom stereocenters. The summed E-state index contributed by atoms with van der Waals surface area (Å²) in [6.45, 7) is 5.72. The van der Waals surface area contributed by atoms with E-state index in [-0.39, 0.29) is 24.7 Å². The van der Waals surface area contributed by atoms with Gasteiger partial charge in [0.1, 0.15) is 12.1 Å². The lowest BCUT2D eigenvalue weighted by molar-refractivity contribution is -0.145. The highest BCUT2D eigenvalue weighted by atomic mass is 19.1. The number of hydrogen-bond donors (Lipinski definition) is 1. The Hall–Kier alpha value is -2.31. The van der Waals surface area contributed by atoms with Crippen LogP contribution in [0.2, 0.25) is 0 Å². The molecular weight excluding hydrogens is 315 g/mol. The van der Waals surface area contributed by atoms with Crippen LogP contribution in [-0.4, -0.2) is 48.2 Å². The van der Waals surface area contributed by atoms with E-state index < -0.39 is 29.5 Å². The van der Waals surface area contributed by atoms with Gasteiger partial charge in [0, 0.05) is 12.0 Å². The van der Waals surface area contributed by atoms with Crippen molar-refractivity contribution in [2.75, 3.05) is 13.7 Å². The fourth-order valence-electron chi connectivity index (χ4n) is 2.58. The molecule has 1 N–H and O–H groups in total. The van der Waals surface area contributed by atoms with Gasteiger partial charge in [0.15, 0.2) is 11.6 Å². The van der Waals surface area contributed by atoms with Gasteiger partial charge in [-0.15, -0.1) is 0 Å². The first-order valence-electron chi connectivity index (χ1n) is 7.79. The zero-order valence-electron chi connectivity index (χ0n) is 14.3. The van der Waals surface area contributed by atoms with E-state index in [1.54, 1.807) is 12.1 Å². The maximum absolute atomic E-state index is 13.7. The standard InChI is InChI=1S/C17H23FN2O4/c1-17(2,3)19-16(22)20-10-11(9-13(20)15(21)23-4)24-14-8-6-5-7-12(14)18/h5-8,11,13H,9-10H2,1-4H3,(H,19,22)/t11-,13+/m1/s1. The molecule has 1 aliphatic rings. The molecule has 0 aromatic heterocycles. The van der Waals surface area contributed by atoms with Crippen molar-refractivity contribution < 1.29 is 23.5 Å². The van der Waals surface area contributed by atoms with Crippen LogP contribution >= 0.6 is 0 Å². The number of rotatable bonds is 3. The second-order valence-corrected chi connectivity index (χ2v) is 6.78. The van der Waals surface area contributed by atoms with Gasteiger partial charge in [-0.3, -0.25) is 0 Å². The molecule has 2 amide bonds.